The Balaban J connectivity index is 1.11. The number of imidazole rings is 1. The Kier molecular flexibility index (Phi) is 5.51. The Morgan fingerprint density at radius 2 is 1.58 bits per heavy atom. The number of anilines is 1. The van der Waals surface area contributed by atoms with Crippen LogP contribution in [0.15, 0.2) is 59.0 Å². The van der Waals surface area contributed by atoms with E-state index >= 15 is 0 Å². The molecule has 7 rings (SSSR count). The van der Waals surface area contributed by atoms with Crippen LogP contribution in [0.25, 0.3) is 45.0 Å². The molecule has 4 atom stereocenters. The van der Waals surface area contributed by atoms with E-state index in [2.05, 4.69) is 25.1 Å². The van der Waals surface area contributed by atoms with Gasteiger partial charge >= 0.3 is 6.01 Å². The Morgan fingerprint density at radius 3 is 2.29 bits per heavy atom. The van der Waals surface area contributed by atoms with Gasteiger partial charge in [0.15, 0.2) is 11.8 Å². The van der Waals surface area contributed by atoms with Gasteiger partial charge in [-0.25, -0.2) is 4.98 Å². The first-order valence-corrected chi connectivity index (χ1v) is 12.3. The lowest BCUT2D eigenvalue weighted by Gasteiger charge is -2.15. The molecular formula is C26H21ClN6O5. The molecular weight excluding hydrogens is 512 g/mol. The van der Waals surface area contributed by atoms with E-state index in [0.29, 0.717) is 40.4 Å². The number of aromatic amines is 1. The topological polar surface area (TPSA) is 154 Å². The molecule has 2 saturated heterocycles. The fourth-order valence-corrected chi connectivity index (χ4v) is 5.08. The van der Waals surface area contributed by atoms with Crippen LogP contribution in [0.4, 0.5) is 6.01 Å². The predicted molar refractivity (Wildman–Crippen MR) is 137 cm³/mol. The lowest BCUT2D eigenvalue weighted by molar-refractivity contribution is 0.00706. The van der Waals surface area contributed by atoms with Crippen molar-refractivity contribution in [1.82, 2.24) is 25.1 Å². The highest BCUT2D eigenvalue weighted by Crippen LogP contribution is 2.33. The largest absolute Gasteiger partial charge is 0.456 e. The van der Waals surface area contributed by atoms with Crippen LogP contribution >= 0.6 is 11.6 Å². The maximum Gasteiger partial charge on any atom is 0.313 e. The van der Waals surface area contributed by atoms with Gasteiger partial charge < -0.3 is 34.5 Å². The number of nitrogens with two attached hydrogens (primary N) is 1. The van der Waals surface area contributed by atoms with Crippen molar-refractivity contribution in [2.75, 3.05) is 18.9 Å². The Bertz CT molecular complexity index is 1620. The zero-order chi connectivity index (χ0) is 25.8. The van der Waals surface area contributed by atoms with E-state index in [1.54, 1.807) is 6.07 Å². The van der Waals surface area contributed by atoms with Crippen LogP contribution in [0.5, 0.6) is 6.01 Å². The molecule has 2 fully saturated rings. The summed E-state index contributed by atoms with van der Waals surface area (Å²) in [5, 5.41) is 18.0. The molecule has 2 aromatic carbocycles. The predicted octanol–water partition coefficient (Wildman–Crippen LogP) is 3.48. The number of nitrogens with one attached hydrogen (secondary N) is 1. The second-order valence-electron chi connectivity index (χ2n) is 9.15. The molecule has 192 valence electrons. The third kappa shape index (κ3) is 4.05. The summed E-state index contributed by atoms with van der Waals surface area (Å²) >= 11 is 6.59. The molecule has 3 aromatic heterocycles. The molecule has 0 unspecified atom stereocenters. The number of nitrogens with zero attached hydrogens (tertiary/aromatic N) is 4. The number of benzene rings is 2. The van der Waals surface area contributed by atoms with E-state index in [1.165, 1.54) is 0 Å². The number of aliphatic hydroxyl groups is 1. The van der Waals surface area contributed by atoms with Gasteiger partial charge in [0.2, 0.25) is 5.89 Å². The molecule has 0 bridgehead atoms. The Labute approximate surface area is 220 Å². The second-order valence-corrected chi connectivity index (χ2v) is 9.56. The summed E-state index contributed by atoms with van der Waals surface area (Å²) in [7, 11) is 0. The average molecular weight is 533 g/mol. The van der Waals surface area contributed by atoms with Crippen LogP contribution in [-0.4, -0.2) is 67.9 Å². The summed E-state index contributed by atoms with van der Waals surface area (Å²) in [4.78, 5) is 12.3. The lowest BCUT2D eigenvalue weighted by atomic mass is 10.0. The number of aromatic nitrogens is 5. The first-order valence-electron chi connectivity index (χ1n) is 12.0. The molecule has 4 N–H and O–H groups in total. The van der Waals surface area contributed by atoms with Crippen LogP contribution in [0.2, 0.25) is 5.02 Å². The van der Waals surface area contributed by atoms with Gasteiger partial charge in [0, 0.05) is 11.1 Å². The molecule has 0 radical (unpaired) electrons. The van der Waals surface area contributed by atoms with Crippen molar-refractivity contribution in [2.24, 2.45) is 0 Å². The van der Waals surface area contributed by atoms with Crippen LogP contribution in [-0.2, 0) is 9.47 Å². The maximum atomic E-state index is 9.94. The van der Waals surface area contributed by atoms with Crippen molar-refractivity contribution in [3.63, 3.8) is 0 Å². The normalized spacial score (nSPS) is 22.7. The number of hydrogen-bond donors (Lipinski definition) is 3. The van der Waals surface area contributed by atoms with Gasteiger partial charge in [0.1, 0.15) is 18.3 Å². The highest BCUT2D eigenvalue weighted by Gasteiger charge is 2.48. The van der Waals surface area contributed by atoms with Gasteiger partial charge in [-0.05, 0) is 29.3 Å². The highest BCUT2D eigenvalue weighted by molar-refractivity contribution is 6.33. The van der Waals surface area contributed by atoms with Gasteiger partial charge in [-0.15, -0.1) is 5.10 Å². The zero-order valence-electron chi connectivity index (χ0n) is 19.7. The summed E-state index contributed by atoms with van der Waals surface area (Å²) < 4.78 is 22.5. The van der Waals surface area contributed by atoms with Crippen molar-refractivity contribution in [3.8, 4) is 39.8 Å². The van der Waals surface area contributed by atoms with Gasteiger partial charge in [-0.2, -0.15) is 4.98 Å². The SMILES string of the molecule is Nc1nnc(-c2ccc(-c3ccc(-c4nc5nc(O[C@@H]6CO[C@H]7[C@@H]6OC[C@H]7O)[nH]c5cc4Cl)cc3)cc2)o1. The minimum absolute atomic E-state index is 0.0321. The first-order chi connectivity index (χ1) is 18.5. The molecule has 11 nitrogen and oxygen atoms in total. The molecule has 5 aromatic rings. The number of hydrogen-bond acceptors (Lipinski definition) is 10. The number of pyridine rings is 1. The van der Waals surface area contributed by atoms with E-state index in [4.69, 9.17) is 36.0 Å². The standard InChI is InChI=1S/C26H21ClN6O5/c27-16-9-17-23(31-26(29-17)37-19-11-36-21-18(34)10-35-22(19)21)30-20(16)14-5-1-12(2-6-14)13-3-7-15(8-4-13)24-32-33-25(28)38-24/h1-9,18-19,21-22,34H,10-11H2,(H2,28,33)(H,29,30,31)/t18-,19-,21-,22-/m1/s1. The van der Waals surface area contributed by atoms with E-state index < -0.39 is 6.10 Å². The van der Waals surface area contributed by atoms with Gasteiger partial charge in [-0.3, -0.25) is 0 Å². The lowest BCUT2D eigenvalue weighted by Crippen LogP contribution is -2.34. The van der Waals surface area contributed by atoms with Crippen molar-refractivity contribution in [3.05, 3.63) is 59.6 Å². The number of aliphatic hydroxyl groups excluding tert-OH is 1. The average Bonchev–Trinajstić information content (AvgIpc) is 3.71. The van der Waals surface area contributed by atoms with Crippen molar-refractivity contribution < 1.29 is 23.7 Å². The summed E-state index contributed by atoms with van der Waals surface area (Å²) in [6, 6.07) is 17.8. The van der Waals surface area contributed by atoms with Gasteiger partial charge in [0.05, 0.1) is 29.4 Å². The Hall–Kier alpha value is -4.03. The highest BCUT2D eigenvalue weighted by atomic mass is 35.5. The molecule has 5 heterocycles. The summed E-state index contributed by atoms with van der Waals surface area (Å²) in [6.07, 6.45) is -1.74. The first kappa shape index (κ1) is 23.1. The van der Waals surface area contributed by atoms with E-state index in [1.807, 2.05) is 48.5 Å². The third-order valence-electron chi connectivity index (χ3n) is 6.71. The zero-order valence-corrected chi connectivity index (χ0v) is 20.5. The number of nitrogen functional groups attached to an aromatic ring is 1. The quantitative estimate of drug-likeness (QED) is 0.306. The molecule has 0 spiro atoms. The maximum absolute atomic E-state index is 9.94. The minimum atomic E-state index is -0.644. The fraction of sp³-hybridized carbons (Fsp3) is 0.231. The van der Waals surface area contributed by atoms with E-state index in [9.17, 15) is 5.11 Å². The van der Waals surface area contributed by atoms with Crippen molar-refractivity contribution in [1.29, 1.82) is 0 Å². The van der Waals surface area contributed by atoms with Crippen molar-refractivity contribution >= 4 is 28.8 Å². The number of ether oxygens (including phenoxy) is 3. The molecule has 38 heavy (non-hydrogen) atoms. The Morgan fingerprint density at radius 1 is 0.895 bits per heavy atom. The number of halogens is 1. The van der Waals surface area contributed by atoms with Crippen LogP contribution in [0.1, 0.15) is 0 Å². The molecule has 2 aliphatic heterocycles. The molecule has 2 aliphatic rings. The van der Waals surface area contributed by atoms with Crippen LogP contribution in [0.3, 0.4) is 0 Å². The minimum Gasteiger partial charge on any atom is -0.456 e. The number of H-pyrrole nitrogens is 1. The second kappa shape index (κ2) is 9.07. The molecule has 12 heteroatoms. The smallest absolute Gasteiger partial charge is 0.313 e. The van der Waals surface area contributed by atoms with E-state index in [-0.39, 0.29) is 30.9 Å². The number of rotatable bonds is 5. The summed E-state index contributed by atoms with van der Waals surface area (Å²) in [6.45, 7) is 0.541. The van der Waals surface area contributed by atoms with Crippen LogP contribution < -0.4 is 10.5 Å². The monoisotopic (exact) mass is 532 g/mol. The van der Waals surface area contributed by atoms with E-state index in [0.717, 1.165) is 22.3 Å². The van der Waals surface area contributed by atoms with Crippen LogP contribution in [0, 0.1) is 0 Å². The van der Waals surface area contributed by atoms with Crippen molar-refractivity contribution in [2.45, 2.75) is 24.4 Å². The molecule has 0 aliphatic carbocycles. The summed E-state index contributed by atoms with van der Waals surface area (Å²) in [5.74, 6) is 0.374. The number of fused-ring (bicyclic) bond motifs is 2. The fourth-order valence-electron chi connectivity index (χ4n) is 4.82. The summed E-state index contributed by atoms with van der Waals surface area (Å²) in [5.41, 5.74) is 10.9. The third-order valence-corrected chi connectivity index (χ3v) is 7.00. The van der Waals surface area contributed by atoms with Gasteiger partial charge in [-0.1, -0.05) is 53.1 Å². The molecule has 0 saturated carbocycles. The molecule has 0 amide bonds. The van der Waals surface area contributed by atoms with Gasteiger partial charge in [0.25, 0.3) is 6.01 Å².